The second-order valence-corrected chi connectivity index (χ2v) is 46.9. The minimum Gasteiger partial charge on any atom is -0.491 e. The normalized spacial score (nSPS) is 20.1. The maximum absolute atomic E-state index is 14.7. The van der Waals surface area contributed by atoms with Gasteiger partial charge >= 0.3 is 11.9 Å². The van der Waals surface area contributed by atoms with Gasteiger partial charge in [-0.25, -0.2) is 9.59 Å². The van der Waals surface area contributed by atoms with Crippen LogP contribution in [-0.2, 0) is 32.2 Å². The van der Waals surface area contributed by atoms with Crippen molar-refractivity contribution in [1.29, 1.82) is 0 Å². The van der Waals surface area contributed by atoms with E-state index in [1.54, 1.807) is 12.1 Å². The van der Waals surface area contributed by atoms with Crippen molar-refractivity contribution in [2.24, 2.45) is 71.0 Å². The molecular weight excluding hydrogens is 1890 g/mol. The van der Waals surface area contributed by atoms with E-state index in [9.17, 15) is 33.9 Å². The molecule has 0 bridgehead atoms. The number of nitrogens with one attached hydrogen (secondary N) is 3. The van der Waals surface area contributed by atoms with Crippen molar-refractivity contribution in [2.45, 2.75) is 405 Å². The molecule has 3 spiro atoms. The number of halogens is 1. The number of carbonyl (C=O) groups excluding carboxylic acids is 5. The summed E-state index contributed by atoms with van der Waals surface area (Å²) in [5, 5.41) is 38.7. The second kappa shape index (κ2) is 52.1. The largest absolute Gasteiger partial charge is 0.491 e. The van der Waals surface area contributed by atoms with Crippen LogP contribution in [0.5, 0.6) is 17.2 Å². The number of rotatable bonds is 28. The minimum atomic E-state index is -0.951. The molecule has 2 aromatic heterocycles. The summed E-state index contributed by atoms with van der Waals surface area (Å²) in [5.74, 6) is 3.40. The van der Waals surface area contributed by atoms with Gasteiger partial charge in [0.05, 0.1) is 66.8 Å². The lowest BCUT2D eigenvalue weighted by Gasteiger charge is -2.47. The number of carbonyl (C=O) groups is 6. The average molecular weight is 2070 g/mol. The molecule has 3 fully saturated rings. The zero-order valence-electron chi connectivity index (χ0n) is 88.2. The van der Waals surface area contributed by atoms with Crippen LogP contribution in [0.2, 0.25) is 0 Å². The van der Waals surface area contributed by atoms with Gasteiger partial charge in [-0.3, -0.25) is 34.2 Å². The number of benzene rings is 6. The fraction of sp³-hybridized carbons (Fsp3) is 0.598. The Morgan fingerprint density at radius 3 is 0.897 bits per heavy atom. The van der Waals surface area contributed by atoms with E-state index >= 15 is 0 Å². The molecule has 3 saturated carbocycles. The molecule has 6 aromatic carbocycles. The Kier molecular flexibility index (Phi) is 44.8. The molecule has 6 aliphatic rings. The van der Waals surface area contributed by atoms with Crippen molar-refractivity contribution >= 4 is 69.7 Å². The number of aromatic nitrogens is 8. The molecule has 5 heterocycles. The summed E-state index contributed by atoms with van der Waals surface area (Å²) in [6.45, 7) is 57.1. The van der Waals surface area contributed by atoms with Gasteiger partial charge < -0.3 is 49.8 Å². The molecular formula is C117H179BrN16O11. The first-order valence-corrected chi connectivity index (χ1v) is 50.5. The van der Waals surface area contributed by atoms with Crippen molar-refractivity contribution in [3.05, 3.63) is 207 Å². The lowest BCUT2D eigenvalue weighted by Crippen LogP contribution is -2.51. The monoisotopic (exact) mass is 2060 g/mol. The first kappa shape index (κ1) is 125. The van der Waals surface area contributed by atoms with Gasteiger partial charge in [0.15, 0.2) is 11.6 Å². The highest BCUT2D eigenvalue weighted by atomic mass is 79.9. The summed E-state index contributed by atoms with van der Waals surface area (Å²) < 4.78 is 23.0. The maximum Gasteiger partial charge on any atom is 0.338 e. The number of carboxylic acid groups (broad SMARTS) is 1. The van der Waals surface area contributed by atoms with E-state index in [4.69, 9.17) is 39.7 Å². The number of tetrazole rings is 2. The van der Waals surface area contributed by atoms with Crippen LogP contribution in [0.3, 0.4) is 0 Å². The smallest absolute Gasteiger partial charge is 0.338 e. The van der Waals surface area contributed by atoms with E-state index in [0.29, 0.717) is 64.2 Å². The molecule has 800 valence electrons. The van der Waals surface area contributed by atoms with Crippen LogP contribution in [0.25, 0.3) is 0 Å². The minimum absolute atomic E-state index is 0. The predicted octanol–water partition coefficient (Wildman–Crippen LogP) is 26.9. The Balaban J connectivity index is 0.000000362. The molecule has 0 radical (unpaired) electrons. The highest BCUT2D eigenvalue weighted by Gasteiger charge is 2.57. The molecule has 3 atom stereocenters. The number of aliphatic imine (C=N–C) groups is 3. The molecule has 28 heteroatoms. The number of aromatic amines is 2. The number of ether oxygens (including phenoxy) is 4. The van der Waals surface area contributed by atoms with E-state index < -0.39 is 23.0 Å². The highest BCUT2D eigenvalue weighted by molar-refractivity contribution is 8.93. The van der Waals surface area contributed by atoms with E-state index in [1.165, 1.54) is 0 Å². The summed E-state index contributed by atoms with van der Waals surface area (Å²) in [4.78, 5) is 103. The zero-order valence-corrected chi connectivity index (χ0v) is 89.9. The van der Waals surface area contributed by atoms with E-state index in [0.717, 1.165) is 166 Å². The number of hydrogen-bond donors (Lipinski definition) is 5. The van der Waals surface area contributed by atoms with Gasteiger partial charge in [-0.1, -0.05) is 209 Å². The summed E-state index contributed by atoms with van der Waals surface area (Å²) in [7, 11) is 0. The van der Waals surface area contributed by atoms with Gasteiger partial charge in [-0.15, -0.1) is 37.4 Å². The van der Waals surface area contributed by atoms with Crippen molar-refractivity contribution < 1.29 is 52.8 Å². The Morgan fingerprint density at radius 2 is 0.669 bits per heavy atom. The average Bonchev–Trinajstić information content (AvgIpc) is 1.57. The molecule has 27 nitrogen and oxygen atoms in total. The summed E-state index contributed by atoms with van der Waals surface area (Å²) >= 11 is 0. The van der Waals surface area contributed by atoms with Crippen LogP contribution < -0.4 is 25.3 Å². The Morgan fingerprint density at radius 1 is 0.400 bits per heavy atom. The third-order valence-corrected chi connectivity index (χ3v) is 27.9. The molecule has 145 heavy (non-hydrogen) atoms. The van der Waals surface area contributed by atoms with Gasteiger partial charge in [0, 0.05) is 22.3 Å². The Hall–Kier alpha value is -10.9. The van der Waals surface area contributed by atoms with Crippen molar-refractivity contribution in [3.8, 4) is 17.2 Å². The molecule has 4 amide bonds. The molecule has 0 saturated heterocycles. The highest BCUT2D eigenvalue weighted by Crippen LogP contribution is 2.55. The molecule has 14 rings (SSSR count). The van der Waals surface area contributed by atoms with Gasteiger partial charge in [-0.05, 0) is 347 Å². The second-order valence-electron chi connectivity index (χ2n) is 46.9. The summed E-state index contributed by atoms with van der Waals surface area (Å²) in [6.07, 6.45) is 16.2. The molecule has 3 aliphatic carbocycles. The van der Waals surface area contributed by atoms with Gasteiger partial charge in [-0.2, -0.15) is 10.4 Å². The SMILES string of the molecule is Br.C.C.C.C.C.CC(C)OC(=O)c1ccc([C@@H](CCC(C)(C)C)N2C(=O)C(c3ccc(OC(C)C)cc3)=NC23CCC(C(C)(C)C)CC3)cc1.CC(C)Oc1ccc(C2=NC3(CCC(C(C)(C)C)CC3)N([C@H](CCC(C)(C)C)c3ccc(C(=O)NCc4nn[nH]n4)cc3)C2=O)cc1.CC(C)Oc1ccc(C2=NC3(CCC(C(C)(C)C)CC3)N([C@H](CCC(C)(C)C)c3ccc(C(=O)O)cc3)C2=O)cc1.NCc1nn[nH]n1. The molecule has 3 aliphatic heterocycles. The number of H-pyrrole nitrogens is 2. The quantitative estimate of drug-likeness (QED) is 0.0284. The summed E-state index contributed by atoms with van der Waals surface area (Å²) in [5.41, 5.74) is 12.4. The number of nitrogens with zero attached hydrogens (tertiary/aromatic N) is 12. The zero-order chi connectivity index (χ0) is 102. The number of nitrogens with two attached hydrogens (primary N) is 1. The van der Waals surface area contributed by atoms with Crippen LogP contribution in [0, 0.1) is 50.2 Å². The van der Waals surface area contributed by atoms with Gasteiger partial charge in [0.2, 0.25) is 0 Å². The van der Waals surface area contributed by atoms with Crippen LogP contribution >= 0.6 is 17.0 Å². The fourth-order valence-corrected chi connectivity index (χ4v) is 20.1. The number of amides is 4. The van der Waals surface area contributed by atoms with Crippen LogP contribution in [0.1, 0.15) is 427 Å². The Bertz CT molecular complexity index is 5480. The van der Waals surface area contributed by atoms with Gasteiger partial charge in [0.1, 0.15) is 51.4 Å². The first-order chi connectivity index (χ1) is 65.2. The van der Waals surface area contributed by atoms with Crippen LogP contribution in [0.4, 0.5) is 0 Å². The van der Waals surface area contributed by atoms with E-state index in [1.807, 2.05) is 189 Å². The predicted molar refractivity (Wildman–Crippen MR) is 592 cm³/mol. The molecule has 8 aromatic rings. The number of carboxylic acids is 1. The standard InChI is InChI=1S/C38H54N2O4.C37H51N7O3.C35H48N2O4.C2H5N5.5CH4.BrH/c1-25(2)43-31-17-15-28(16-18-31)33-34(41)40(38(39-33)23-19-30(20-24-38)37(8,9)10)32(21-22-36(5,6)7)27-11-13-29(14-12-27)35(42)44-26(3)4;1-24(2)47-29-15-13-26(14-16-29)32-34(46)44(37(39-32)21-17-28(18-22-37)36(6,7)8)30(19-20-35(3,4)5)25-9-11-27(12-10-25)33(45)38-23-31-40-42-43-41-31;1-23(2)41-28-15-13-25(14-16-28)30-31(38)37(35(36-30)21-17-27(18-22-35)34(6,7)8)29(19-20-33(3,4)5)24-9-11-26(12-10-24)32(39)40;3-1-2-4-6-7-5-2;;;;;;/h11-18,25-26,30,32H,19-24H2,1-10H3;9-16,24,28,30H,17-23H2,1-8H3,(H,38,45)(H,40,41,42,43);9-16,23,27,29H,17-22H2,1-8H3,(H,39,40);1,3H2,(H,4,5,6,7);5*1H4;1H/t30?,32-,38?;28?,30-,37?;27?,29-,35?;;;;;;;/m111......./s1. The van der Waals surface area contributed by atoms with Crippen LogP contribution in [-0.4, -0.2) is 155 Å². The van der Waals surface area contributed by atoms with Gasteiger partial charge in [0.25, 0.3) is 23.6 Å². The molecule has 0 unspecified atom stereocenters. The topological polar surface area (TPSA) is 353 Å². The van der Waals surface area contributed by atoms with Crippen molar-refractivity contribution in [2.75, 3.05) is 0 Å². The number of aromatic carboxylic acids is 1. The van der Waals surface area contributed by atoms with Crippen molar-refractivity contribution in [1.82, 2.24) is 61.3 Å². The third-order valence-electron chi connectivity index (χ3n) is 27.9. The molecule has 6 N–H and O–H groups in total. The Labute approximate surface area is 879 Å². The van der Waals surface area contributed by atoms with E-state index in [-0.39, 0.29) is 171 Å². The number of esters is 1. The summed E-state index contributed by atoms with van der Waals surface area (Å²) in [6, 6.07) is 45.1. The number of hydrogen-bond acceptors (Lipinski definition) is 20. The lowest BCUT2D eigenvalue weighted by atomic mass is 9.69. The third kappa shape index (κ3) is 33.1. The maximum atomic E-state index is 14.7. The first-order valence-electron chi connectivity index (χ1n) is 50.5. The van der Waals surface area contributed by atoms with E-state index in [2.05, 4.69) is 186 Å². The van der Waals surface area contributed by atoms with Crippen LogP contribution in [0.15, 0.2) is 161 Å². The lowest BCUT2D eigenvalue weighted by molar-refractivity contribution is -0.134. The fourth-order valence-electron chi connectivity index (χ4n) is 20.1. The van der Waals surface area contributed by atoms with Crippen molar-refractivity contribution in [3.63, 3.8) is 0 Å².